The van der Waals surface area contributed by atoms with Crippen molar-refractivity contribution in [3.8, 4) is 5.88 Å². The van der Waals surface area contributed by atoms with E-state index in [1.54, 1.807) is 7.11 Å². The second-order valence-corrected chi connectivity index (χ2v) is 9.36. The Labute approximate surface area is 181 Å². The van der Waals surface area contributed by atoms with Crippen molar-refractivity contribution in [2.75, 3.05) is 38.2 Å². The Balaban J connectivity index is 1.32. The summed E-state index contributed by atoms with van der Waals surface area (Å²) >= 11 is 0. The maximum absolute atomic E-state index is 6.29. The van der Waals surface area contributed by atoms with E-state index in [2.05, 4.69) is 67.8 Å². The normalized spacial score (nSPS) is 20.8. The molecule has 2 fully saturated rings. The van der Waals surface area contributed by atoms with Gasteiger partial charge in [0.1, 0.15) is 13.0 Å². The SMILES string of the molecule is COc1ccc(CN2CCN(c3ccc(B4[B]C(C)(C)C(C)(C)O4)cn3)CC2)cn1. The number of ether oxygens (including phenoxy) is 1. The van der Waals surface area contributed by atoms with Gasteiger partial charge in [-0.05, 0) is 36.3 Å². The zero-order valence-electron chi connectivity index (χ0n) is 18.8. The first-order chi connectivity index (χ1) is 14.3. The maximum atomic E-state index is 6.29. The van der Waals surface area contributed by atoms with Crippen LogP contribution in [0, 0.1) is 0 Å². The van der Waals surface area contributed by atoms with Gasteiger partial charge >= 0.3 is 0 Å². The van der Waals surface area contributed by atoms with Gasteiger partial charge in [0, 0.05) is 56.8 Å². The highest BCUT2D eigenvalue weighted by Gasteiger charge is 2.50. The highest BCUT2D eigenvalue weighted by molar-refractivity contribution is 7.17. The fourth-order valence-corrected chi connectivity index (χ4v) is 4.02. The van der Waals surface area contributed by atoms with E-state index in [-0.39, 0.29) is 17.7 Å². The highest BCUT2D eigenvalue weighted by atomic mass is 16.5. The molecule has 0 N–H and O–H groups in total. The second-order valence-electron chi connectivity index (χ2n) is 9.36. The smallest absolute Gasteiger partial charge is 0.281 e. The van der Waals surface area contributed by atoms with E-state index >= 15 is 0 Å². The minimum absolute atomic E-state index is 0.00602. The molecule has 4 rings (SSSR count). The molecule has 0 spiro atoms. The number of hydrogen-bond acceptors (Lipinski definition) is 6. The Kier molecular flexibility index (Phi) is 5.82. The molecular formula is C22H31B2N4O2. The average Bonchev–Trinajstić information content (AvgIpc) is 2.96. The van der Waals surface area contributed by atoms with Gasteiger partial charge in [0.25, 0.3) is 6.81 Å². The van der Waals surface area contributed by atoms with E-state index in [1.807, 2.05) is 18.5 Å². The van der Waals surface area contributed by atoms with Crippen LogP contribution in [-0.4, -0.2) is 67.7 Å². The molecule has 2 aliphatic rings. The standard InChI is InChI=1S/C22H31B2N4O2/c1-21(2)22(3,4)30-24(23-21)18-7-8-19(25-15-18)28-12-10-27(11-13-28)16-17-6-9-20(29-5)26-14-17/h6-9,14-15H,10-13,16H2,1-5H3. The molecule has 0 amide bonds. The van der Waals surface area contributed by atoms with Crippen LogP contribution in [-0.2, 0) is 11.2 Å². The molecule has 157 valence electrons. The minimum atomic E-state index is -0.175. The largest absolute Gasteiger partial charge is 0.481 e. The van der Waals surface area contributed by atoms with Crippen molar-refractivity contribution in [2.45, 2.75) is 45.2 Å². The Morgan fingerprint density at radius 2 is 1.80 bits per heavy atom. The van der Waals surface area contributed by atoms with E-state index in [4.69, 9.17) is 14.4 Å². The van der Waals surface area contributed by atoms with Gasteiger partial charge in [-0.3, -0.25) is 4.90 Å². The van der Waals surface area contributed by atoms with Crippen LogP contribution in [0.3, 0.4) is 0 Å². The number of anilines is 1. The molecule has 0 aromatic carbocycles. The highest BCUT2D eigenvalue weighted by Crippen LogP contribution is 2.45. The lowest BCUT2D eigenvalue weighted by molar-refractivity contribution is 0.0881. The van der Waals surface area contributed by atoms with Gasteiger partial charge in [-0.15, -0.1) is 0 Å². The number of methoxy groups -OCH3 is 1. The molecule has 0 saturated carbocycles. The summed E-state index contributed by atoms with van der Waals surface area (Å²) in [5.41, 5.74) is 2.17. The van der Waals surface area contributed by atoms with Gasteiger partial charge in [0.05, 0.1) is 7.11 Å². The first-order valence-electron chi connectivity index (χ1n) is 10.7. The fraction of sp³-hybridized carbons (Fsp3) is 0.545. The van der Waals surface area contributed by atoms with Crippen molar-refractivity contribution >= 4 is 25.3 Å². The summed E-state index contributed by atoms with van der Waals surface area (Å²) < 4.78 is 11.4. The quantitative estimate of drug-likeness (QED) is 0.712. The molecule has 8 heteroatoms. The van der Waals surface area contributed by atoms with Crippen LogP contribution in [0.1, 0.15) is 33.3 Å². The van der Waals surface area contributed by atoms with Gasteiger partial charge in [0.15, 0.2) is 0 Å². The van der Waals surface area contributed by atoms with Crippen molar-refractivity contribution < 1.29 is 9.39 Å². The Bertz CT molecular complexity index is 834. The first-order valence-corrected chi connectivity index (χ1v) is 10.7. The van der Waals surface area contributed by atoms with Crippen molar-refractivity contribution in [1.29, 1.82) is 0 Å². The van der Waals surface area contributed by atoms with E-state index in [0.717, 1.165) is 44.0 Å². The summed E-state index contributed by atoms with van der Waals surface area (Å²) in [7, 11) is 3.94. The summed E-state index contributed by atoms with van der Waals surface area (Å²) in [6, 6.07) is 8.30. The lowest BCUT2D eigenvalue weighted by Crippen LogP contribution is -2.46. The second kappa shape index (κ2) is 8.23. The predicted molar refractivity (Wildman–Crippen MR) is 123 cm³/mol. The monoisotopic (exact) mass is 405 g/mol. The van der Waals surface area contributed by atoms with E-state index in [9.17, 15) is 0 Å². The number of hydrogen-bond donors (Lipinski definition) is 0. The predicted octanol–water partition coefficient (Wildman–Crippen LogP) is 2.21. The number of rotatable bonds is 5. The lowest BCUT2D eigenvalue weighted by atomic mass is 9.23. The van der Waals surface area contributed by atoms with Crippen molar-refractivity contribution in [3.63, 3.8) is 0 Å². The molecular weight excluding hydrogens is 374 g/mol. The molecule has 0 aliphatic carbocycles. The Morgan fingerprint density at radius 3 is 2.33 bits per heavy atom. The fourth-order valence-electron chi connectivity index (χ4n) is 4.02. The minimum Gasteiger partial charge on any atom is -0.481 e. The third-order valence-electron chi connectivity index (χ3n) is 6.75. The number of pyridine rings is 2. The van der Waals surface area contributed by atoms with E-state index in [0.29, 0.717) is 5.88 Å². The first kappa shape index (κ1) is 21.2. The van der Waals surface area contributed by atoms with Crippen LogP contribution in [0.4, 0.5) is 5.82 Å². The third kappa shape index (κ3) is 4.35. The van der Waals surface area contributed by atoms with Gasteiger partial charge in [-0.2, -0.15) is 0 Å². The molecule has 30 heavy (non-hydrogen) atoms. The van der Waals surface area contributed by atoms with Crippen LogP contribution < -0.4 is 15.1 Å². The molecule has 2 aliphatic heterocycles. The van der Waals surface area contributed by atoms with Gasteiger partial charge < -0.3 is 14.3 Å². The summed E-state index contributed by atoms with van der Waals surface area (Å²) in [6.07, 6.45) is 3.87. The Hall–Kier alpha value is -2.05. The molecule has 2 saturated heterocycles. The molecule has 2 aromatic heterocycles. The van der Waals surface area contributed by atoms with Crippen molar-refractivity contribution in [3.05, 3.63) is 42.2 Å². The Morgan fingerprint density at radius 1 is 1.03 bits per heavy atom. The van der Waals surface area contributed by atoms with Gasteiger partial charge in [0.2, 0.25) is 5.88 Å². The van der Waals surface area contributed by atoms with E-state index in [1.165, 1.54) is 5.56 Å². The van der Waals surface area contributed by atoms with Crippen LogP contribution in [0.5, 0.6) is 5.88 Å². The van der Waals surface area contributed by atoms with Crippen molar-refractivity contribution in [2.24, 2.45) is 0 Å². The third-order valence-corrected chi connectivity index (χ3v) is 6.75. The molecule has 0 unspecified atom stereocenters. The van der Waals surface area contributed by atoms with Gasteiger partial charge in [-0.1, -0.05) is 26.0 Å². The molecule has 1 radical (unpaired) electrons. The summed E-state index contributed by atoms with van der Waals surface area (Å²) in [4.78, 5) is 13.9. The van der Waals surface area contributed by atoms with Gasteiger partial charge in [-0.25, -0.2) is 9.97 Å². The van der Waals surface area contributed by atoms with Crippen LogP contribution in [0.25, 0.3) is 0 Å². The van der Waals surface area contributed by atoms with Crippen LogP contribution in [0.2, 0.25) is 5.31 Å². The zero-order valence-corrected chi connectivity index (χ0v) is 18.8. The maximum Gasteiger partial charge on any atom is 0.281 e. The molecule has 4 heterocycles. The van der Waals surface area contributed by atoms with Crippen LogP contribution >= 0.6 is 0 Å². The number of nitrogens with zero attached hydrogens (tertiary/aromatic N) is 4. The topological polar surface area (TPSA) is 50.7 Å². The van der Waals surface area contributed by atoms with Crippen LogP contribution in [0.15, 0.2) is 36.7 Å². The molecule has 2 aromatic rings. The summed E-state index contributed by atoms with van der Waals surface area (Å²) in [5.74, 6) is 1.70. The average molecular weight is 405 g/mol. The van der Waals surface area contributed by atoms with Crippen molar-refractivity contribution in [1.82, 2.24) is 14.9 Å². The summed E-state index contributed by atoms with van der Waals surface area (Å²) in [5, 5.41) is 0.0338. The molecule has 0 bridgehead atoms. The number of piperazine rings is 1. The molecule has 6 nitrogen and oxygen atoms in total. The van der Waals surface area contributed by atoms with E-state index < -0.39 is 0 Å². The molecule has 0 atom stereocenters. The zero-order chi connectivity index (χ0) is 21.4. The number of aromatic nitrogens is 2. The summed E-state index contributed by atoms with van der Waals surface area (Å²) in [6.45, 7) is 13.7. The lowest BCUT2D eigenvalue weighted by Gasteiger charge is -2.35.